The summed E-state index contributed by atoms with van der Waals surface area (Å²) in [5, 5.41) is 2.74. The number of aliphatic imine (C=N–C) groups is 1. The number of hydrogen-bond acceptors (Lipinski definition) is 6. The Labute approximate surface area is 178 Å². The number of nitrogens with zero attached hydrogens (tertiary/aromatic N) is 2. The highest BCUT2D eigenvalue weighted by Gasteiger charge is 2.38. The lowest BCUT2D eigenvalue weighted by Gasteiger charge is -2.34. The van der Waals surface area contributed by atoms with Gasteiger partial charge in [-0.2, -0.15) is 0 Å². The quantitative estimate of drug-likeness (QED) is 0.599. The van der Waals surface area contributed by atoms with Crippen LogP contribution >= 0.6 is 11.8 Å². The predicted octanol–water partition coefficient (Wildman–Crippen LogP) is 5.17. The molecule has 0 radical (unpaired) electrons. The molecular weight excluding hydrogens is 403 g/mol. The van der Waals surface area contributed by atoms with Gasteiger partial charge in [-0.15, -0.1) is 0 Å². The number of hydrogen-bond donors (Lipinski definition) is 0. The molecule has 2 aliphatic heterocycles. The number of carbonyl (C=O) groups is 1. The molecule has 0 spiro atoms. The zero-order valence-corrected chi connectivity index (χ0v) is 17.5. The molecule has 4 rings (SSSR count). The summed E-state index contributed by atoms with van der Waals surface area (Å²) in [6.07, 6.45) is 1.91. The van der Waals surface area contributed by atoms with Crippen LogP contribution < -0.4 is 4.74 Å². The summed E-state index contributed by atoms with van der Waals surface area (Å²) >= 11 is 1.51. The molecule has 30 heavy (non-hydrogen) atoms. The van der Waals surface area contributed by atoms with Crippen molar-refractivity contribution in [2.24, 2.45) is 4.99 Å². The van der Waals surface area contributed by atoms with Gasteiger partial charge in [0.1, 0.15) is 18.2 Å². The fraction of sp³-hybridized carbons (Fsp3) is 0.217. The predicted molar refractivity (Wildman–Crippen MR) is 115 cm³/mol. The number of benzene rings is 2. The average Bonchev–Trinajstić information content (AvgIpc) is 3.21. The van der Waals surface area contributed by atoms with Gasteiger partial charge in [0.05, 0.1) is 23.9 Å². The second-order valence-electron chi connectivity index (χ2n) is 6.78. The lowest BCUT2D eigenvalue weighted by Crippen LogP contribution is -2.34. The van der Waals surface area contributed by atoms with E-state index in [4.69, 9.17) is 9.47 Å². The Bertz CT molecular complexity index is 1050. The SMILES string of the molecule is CCOC(=O)C1=C(C)N=C2SC=CN2[C@H]1c1ccccc1OCc1ccc(F)cc1. The van der Waals surface area contributed by atoms with E-state index in [9.17, 15) is 9.18 Å². The summed E-state index contributed by atoms with van der Waals surface area (Å²) < 4.78 is 24.6. The molecule has 0 saturated carbocycles. The normalized spacial score (nSPS) is 17.6. The number of carbonyl (C=O) groups excluding carboxylic acids is 1. The number of amidine groups is 1. The molecule has 2 aliphatic rings. The zero-order valence-electron chi connectivity index (χ0n) is 16.7. The van der Waals surface area contributed by atoms with Crippen LogP contribution in [0.2, 0.25) is 0 Å². The van der Waals surface area contributed by atoms with Crippen molar-refractivity contribution in [1.29, 1.82) is 0 Å². The molecule has 1 atom stereocenters. The maximum atomic E-state index is 13.2. The van der Waals surface area contributed by atoms with Crippen molar-refractivity contribution in [3.8, 4) is 5.75 Å². The van der Waals surface area contributed by atoms with Crippen molar-refractivity contribution >= 4 is 22.9 Å². The maximum Gasteiger partial charge on any atom is 0.338 e. The standard InChI is InChI=1S/C23H21FN2O3S/c1-3-28-22(27)20-15(2)25-23-26(12-13-30-23)21(20)18-6-4-5-7-19(18)29-14-16-8-10-17(24)11-9-16/h4-13,21H,3,14H2,1-2H3/t21-/m0/s1. The highest BCUT2D eigenvalue weighted by Crippen LogP contribution is 2.43. The molecule has 0 N–H and O–H groups in total. The number of para-hydroxylation sites is 1. The van der Waals surface area contributed by atoms with E-state index in [1.165, 1.54) is 23.9 Å². The first-order valence-corrected chi connectivity index (χ1v) is 10.5. The molecule has 0 bridgehead atoms. The van der Waals surface area contributed by atoms with E-state index in [0.29, 0.717) is 17.0 Å². The topological polar surface area (TPSA) is 51.1 Å². The molecule has 154 valence electrons. The summed E-state index contributed by atoms with van der Waals surface area (Å²) in [7, 11) is 0. The summed E-state index contributed by atoms with van der Waals surface area (Å²) in [4.78, 5) is 19.4. The molecule has 0 aromatic heterocycles. The number of halogens is 1. The van der Waals surface area contributed by atoms with Crippen LogP contribution in [0.4, 0.5) is 4.39 Å². The molecule has 7 heteroatoms. The fourth-order valence-corrected chi connectivity index (χ4v) is 4.25. The summed E-state index contributed by atoms with van der Waals surface area (Å²) in [5.41, 5.74) is 2.81. The van der Waals surface area contributed by atoms with E-state index in [-0.39, 0.29) is 25.0 Å². The lowest BCUT2D eigenvalue weighted by atomic mass is 9.94. The van der Waals surface area contributed by atoms with Crippen LogP contribution in [0, 0.1) is 5.82 Å². The van der Waals surface area contributed by atoms with E-state index in [1.807, 2.05) is 47.7 Å². The van der Waals surface area contributed by atoms with Gasteiger partial charge in [0.15, 0.2) is 5.17 Å². The van der Waals surface area contributed by atoms with E-state index in [1.54, 1.807) is 19.1 Å². The van der Waals surface area contributed by atoms with Gasteiger partial charge in [-0.05, 0) is 43.0 Å². The smallest absolute Gasteiger partial charge is 0.338 e. The molecule has 0 aliphatic carbocycles. The Hall–Kier alpha value is -3.06. The summed E-state index contributed by atoms with van der Waals surface area (Å²) in [6, 6.07) is 13.4. The van der Waals surface area contributed by atoms with Crippen LogP contribution in [0.5, 0.6) is 5.75 Å². The minimum atomic E-state index is -0.410. The van der Waals surface area contributed by atoms with Gasteiger partial charge in [-0.1, -0.05) is 42.1 Å². The Morgan fingerprint density at radius 3 is 2.73 bits per heavy atom. The number of esters is 1. The van der Waals surface area contributed by atoms with Gasteiger partial charge in [0, 0.05) is 11.8 Å². The zero-order chi connectivity index (χ0) is 21.1. The van der Waals surface area contributed by atoms with Crippen LogP contribution in [0.1, 0.15) is 31.0 Å². The van der Waals surface area contributed by atoms with Gasteiger partial charge >= 0.3 is 5.97 Å². The van der Waals surface area contributed by atoms with Crippen molar-refractivity contribution in [1.82, 2.24) is 4.90 Å². The van der Waals surface area contributed by atoms with Crippen molar-refractivity contribution < 1.29 is 18.7 Å². The third-order valence-electron chi connectivity index (χ3n) is 4.84. The van der Waals surface area contributed by atoms with Crippen LogP contribution in [0.25, 0.3) is 0 Å². The molecule has 2 aromatic rings. The van der Waals surface area contributed by atoms with Crippen LogP contribution in [0.3, 0.4) is 0 Å². The van der Waals surface area contributed by atoms with E-state index in [0.717, 1.165) is 16.3 Å². The number of ether oxygens (including phenoxy) is 2. The Balaban J connectivity index is 1.70. The van der Waals surface area contributed by atoms with Gasteiger partial charge in [-0.3, -0.25) is 0 Å². The number of rotatable bonds is 6. The molecule has 0 amide bonds. The number of allylic oxidation sites excluding steroid dienone is 1. The molecule has 0 fully saturated rings. The van der Waals surface area contributed by atoms with Gasteiger partial charge in [-0.25, -0.2) is 14.2 Å². The van der Waals surface area contributed by atoms with Crippen molar-refractivity contribution in [2.75, 3.05) is 6.61 Å². The number of thioether (sulfide) groups is 1. The molecule has 5 nitrogen and oxygen atoms in total. The third kappa shape index (κ3) is 3.98. The first-order valence-electron chi connectivity index (χ1n) is 9.63. The highest BCUT2D eigenvalue weighted by molar-refractivity contribution is 8.16. The molecule has 0 unspecified atom stereocenters. The average molecular weight is 424 g/mol. The van der Waals surface area contributed by atoms with Gasteiger partial charge in [0.25, 0.3) is 0 Å². The highest BCUT2D eigenvalue weighted by atomic mass is 32.2. The third-order valence-corrected chi connectivity index (χ3v) is 5.61. The van der Waals surface area contributed by atoms with Crippen LogP contribution in [-0.4, -0.2) is 22.6 Å². The van der Waals surface area contributed by atoms with E-state index < -0.39 is 6.04 Å². The lowest BCUT2D eigenvalue weighted by molar-refractivity contribution is -0.139. The number of fused-ring (bicyclic) bond motifs is 1. The maximum absolute atomic E-state index is 13.2. The first-order chi connectivity index (χ1) is 14.6. The Morgan fingerprint density at radius 1 is 1.20 bits per heavy atom. The second kappa shape index (κ2) is 8.75. The minimum Gasteiger partial charge on any atom is -0.489 e. The van der Waals surface area contributed by atoms with E-state index in [2.05, 4.69) is 4.99 Å². The monoisotopic (exact) mass is 424 g/mol. The Kier molecular flexibility index (Phi) is 5.90. The van der Waals surface area contributed by atoms with Crippen LogP contribution in [0.15, 0.2) is 76.4 Å². The Morgan fingerprint density at radius 2 is 1.97 bits per heavy atom. The second-order valence-corrected chi connectivity index (χ2v) is 7.65. The van der Waals surface area contributed by atoms with Gasteiger partial charge < -0.3 is 14.4 Å². The first kappa shape index (κ1) is 20.2. The molecular formula is C23H21FN2O3S. The largest absolute Gasteiger partial charge is 0.489 e. The molecule has 2 aromatic carbocycles. The molecule has 0 saturated heterocycles. The fourth-order valence-electron chi connectivity index (χ4n) is 3.46. The van der Waals surface area contributed by atoms with Gasteiger partial charge in [0.2, 0.25) is 0 Å². The van der Waals surface area contributed by atoms with Crippen LogP contribution in [-0.2, 0) is 16.1 Å². The summed E-state index contributed by atoms with van der Waals surface area (Å²) in [6.45, 7) is 4.18. The minimum absolute atomic E-state index is 0.284. The van der Waals surface area contributed by atoms with E-state index >= 15 is 0 Å². The van der Waals surface area contributed by atoms with Crippen molar-refractivity contribution in [2.45, 2.75) is 26.5 Å². The molecule has 2 heterocycles. The summed E-state index contributed by atoms with van der Waals surface area (Å²) in [5.74, 6) is -0.0272. The van der Waals surface area contributed by atoms with Crippen molar-refractivity contribution in [3.05, 3.63) is 88.4 Å². The van der Waals surface area contributed by atoms with Crippen molar-refractivity contribution in [3.63, 3.8) is 0 Å².